The lowest BCUT2D eigenvalue weighted by atomic mass is 10.1. The maximum atomic E-state index is 12.4. The third kappa shape index (κ3) is 4.82. The molecule has 1 atom stereocenters. The Morgan fingerprint density at radius 3 is 2.75 bits per heavy atom. The van der Waals surface area contributed by atoms with Crippen LogP contribution in [0.3, 0.4) is 0 Å². The number of benzene rings is 1. The summed E-state index contributed by atoms with van der Waals surface area (Å²) in [5.74, 6) is 0.000872. The summed E-state index contributed by atoms with van der Waals surface area (Å²) in [5.41, 5.74) is 1.52. The van der Waals surface area contributed by atoms with Crippen LogP contribution in [0.1, 0.15) is 33.3 Å². The van der Waals surface area contributed by atoms with Crippen LogP contribution in [0.25, 0.3) is 10.9 Å². The van der Waals surface area contributed by atoms with E-state index in [1.54, 1.807) is 13.8 Å². The van der Waals surface area contributed by atoms with E-state index in [0.29, 0.717) is 13.1 Å². The van der Waals surface area contributed by atoms with E-state index >= 15 is 0 Å². The topological polar surface area (TPSA) is 68.4 Å². The van der Waals surface area contributed by atoms with Crippen molar-refractivity contribution in [1.82, 2.24) is 15.2 Å². The summed E-state index contributed by atoms with van der Waals surface area (Å²) in [4.78, 5) is 17.6. The minimum absolute atomic E-state index is 0.000872. The number of aliphatic hydroxyl groups is 1. The van der Waals surface area contributed by atoms with Crippen LogP contribution in [-0.4, -0.2) is 52.2 Å². The van der Waals surface area contributed by atoms with Crippen molar-refractivity contribution in [2.75, 3.05) is 19.6 Å². The van der Waals surface area contributed by atoms with Crippen molar-refractivity contribution < 1.29 is 9.90 Å². The highest BCUT2D eigenvalue weighted by atomic mass is 16.3. The van der Waals surface area contributed by atoms with Crippen LogP contribution >= 0.6 is 0 Å². The van der Waals surface area contributed by atoms with E-state index < -0.39 is 5.60 Å². The van der Waals surface area contributed by atoms with E-state index in [4.69, 9.17) is 0 Å². The first kappa shape index (κ1) is 18.5. The highest BCUT2D eigenvalue weighted by Crippen LogP contribution is 2.17. The van der Waals surface area contributed by atoms with Crippen molar-refractivity contribution >= 4 is 16.8 Å². The molecule has 1 aromatic carbocycles. The number of carbonyl (C=O) groups excluding carboxylic acids is 1. The van der Waals surface area contributed by atoms with Crippen LogP contribution in [0.4, 0.5) is 0 Å². The number of hydrogen-bond acceptors (Lipinski definition) is 3. The maximum absolute atomic E-state index is 12.4. The van der Waals surface area contributed by atoms with E-state index in [2.05, 4.69) is 22.4 Å². The van der Waals surface area contributed by atoms with E-state index in [0.717, 1.165) is 18.5 Å². The molecule has 0 saturated heterocycles. The number of aromatic amines is 1. The molecule has 2 aromatic rings. The summed E-state index contributed by atoms with van der Waals surface area (Å²) in [6.45, 7) is 9.21. The van der Waals surface area contributed by atoms with Crippen LogP contribution in [0, 0.1) is 0 Å². The molecule has 0 fully saturated rings. The Hall–Kier alpha value is -1.85. The van der Waals surface area contributed by atoms with Crippen LogP contribution < -0.4 is 5.32 Å². The Kier molecular flexibility index (Phi) is 6.02. The van der Waals surface area contributed by atoms with Crippen molar-refractivity contribution in [3.63, 3.8) is 0 Å². The summed E-state index contributed by atoms with van der Waals surface area (Å²) in [5, 5.41) is 14.2. The minimum atomic E-state index is -0.811. The second kappa shape index (κ2) is 7.81. The van der Waals surface area contributed by atoms with Gasteiger partial charge in [0.05, 0.1) is 11.6 Å². The standard InChI is InChI=1S/C19H29N3O2/c1-5-22(13-19(3,4)24)14(2)18(23)20-11-10-15-12-21-17-9-7-6-8-16(15)17/h6-9,12,14,21,24H,5,10-11,13H2,1-4H3,(H,20,23). The molecule has 1 aromatic heterocycles. The van der Waals surface area contributed by atoms with E-state index in [1.165, 1.54) is 10.9 Å². The minimum Gasteiger partial charge on any atom is -0.389 e. The summed E-state index contributed by atoms with van der Waals surface area (Å²) in [6.07, 6.45) is 2.80. The Balaban J connectivity index is 1.88. The lowest BCUT2D eigenvalue weighted by Gasteiger charge is -2.32. The molecule has 0 aliphatic rings. The smallest absolute Gasteiger partial charge is 0.237 e. The monoisotopic (exact) mass is 331 g/mol. The van der Waals surface area contributed by atoms with Crippen LogP contribution in [0.2, 0.25) is 0 Å². The Labute approximate surface area is 144 Å². The third-order valence-corrected chi connectivity index (χ3v) is 4.29. The van der Waals surface area contributed by atoms with Crippen molar-refractivity contribution in [2.45, 2.75) is 45.8 Å². The summed E-state index contributed by atoms with van der Waals surface area (Å²) >= 11 is 0. The Morgan fingerprint density at radius 2 is 2.08 bits per heavy atom. The van der Waals surface area contributed by atoms with Crippen molar-refractivity contribution in [1.29, 1.82) is 0 Å². The fraction of sp³-hybridized carbons (Fsp3) is 0.526. The molecule has 0 saturated carbocycles. The molecule has 0 aliphatic carbocycles. The average molecular weight is 331 g/mol. The zero-order valence-electron chi connectivity index (χ0n) is 15.1. The Bertz CT molecular complexity index is 673. The van der Waals surface area contributed by atoms with Gasteiger partial charge >= 0.3 is 0 Å². The van der Waals surface area contributed by atoms with Crippen LogP contribution in [0.15, 0.2) is 30.5 Å². The molecule has 3 N–H and O–H groups in total. The van der Waals surface area contributed by atoms with Crippen molar-refractivity contribution in [2.24, 2.45) is 0 Å². The quantitative estimate of drug-likeness (QED) is 0.695. The summed E-state index contributed by atoms with van der Waals surface area (Å²) < 4.78 is 0. The fourth-order valence-corrected chi connectivity index (χ4v) is 2.99. The predicted molar refractivity (Wildman–Crippen MR) is 98.0 cm³/mol. The molecule has 1 heterocycles. The van der Waals surface area contributed by atoms with Gasteiger partial charge in [-0.1, -0.05) is 25.1 Å². The predicted octanol–water partition coefficient (Wildman–Crippen LogP) is 2.31. The number of carbonyl (C=O) groups is 1. The van der Waals surface area contributed by atoms with E-state index in [-0.39, 0.29) is 11.9 Å². The largest absolute Gasteiger partial charge is 0.389 e. The highest BCUT2D eigenvalue weighted by molar-refractivity contribution is 5.83. The fourth-order valence-electron chi connectivity index (χ4n) is 2.99. The molecule has 5 heteroatoms. The number of aromatic nitrogens is 1. The first-order valence-corrected chi connectivity index (χ1v) is 8.61. The van der Waals surface area contributed by atoms with Gasteiger partial charge in [0, 0.05) is 30.2 Å². The molecule has 0 bridgehead atoms. The third-order valence-electron chi connectivity index (χ3n) is 4.29. The zero-order valence-corrected chi connectivity index (χ0v) is 15.1. The number of hydrogen-bond donors (Lipinski definition) is 3. The lowest BCUT2D eigenvalue weighted by Crippen LogP contribution is -2.50. The summed E-state index contributed by atoms with van der Waals surface area (Å²) in [6, 6.07) is 7.91. The number of H-pyrrole nitrogens is 1. The molecule has 1 amide bonds. The molecule has 24 heavy (non-hydrogen) atoms. The molecule has 0 radical (unpaired) electrons. The van der Waals surface area contributed by atoms with Crippen LogP contribution in [-0.2, 0) is 11.2 Å². The molecule has 0 spiro atoms. The second-order valence-electron chi connectivity index (χ2n) is 6.95. The number of rotatable bonds is 8. The molecule has 0 aliphatic heterocycles. The van der Waals surface area contributed by atoms with Gasteiger partial charge in [-0.25, -0.2) is 0 Å². The van der Waals surface area contributed by atoms with Crippen molar-refractivity contribution in [3.05, 3.63) is 36.0 Å². The molecule has 5 nitrogen and oxygen atoms in total. The lowest BCUT2D eigenvalue weighted by molar-refractivity contribution is -0.126. The maximum Gasteiger partial charge on any atom is 0.237 e. The molecule has 132 valence electrons. The first-order chi connectivity index (χ1) is 11.3. The van der Waals surface area contributed by atoms with Gasteiger partial charge in [0.15, 0.2) is 0 Å². The van der Waals surface area contributed by atoms with Gasteiger partial charge in [-0.05, 0) is 45.4 Å². The van der Waals surface area contributed by atoms with E-state index in [9.17, 15) is 9.90 Å². The zero-order chi connectivity index (χ0) is 17.7. The van der Waals surface area contributed by atoms with Crippen LogP contribution in [0.5, 0.6) is 0 Å². The molecular formula is C19H29N3O2. The number of para-hydroxylation sites is 1. The van der Waals surface area contributed by atoms with Crippen molar-refractivity contribution in [3.8, 4) is 0 Å². The van der Waals surface area contributed by atoms with E-state index in [1.807, 2.05) is 37.1 Å². The average Bonchev–Trinajstić information content (AvgIpc) is 2.94. The van der Waals surface area contributed by atoms with Gasteiger partial charge in [-0.2, -0.15) is 0 Å². The summed E-state index contributed by atoms with van der Waals surface area (Å²) in [7, 11) is 0. The van der Waals surface area contributed by atoms with Gasteiger partial charge in [-0.3, -0.25) is 9.69 Å². The van der Waals surface area contributed by atoms with Gasteiger partial charge in [-0.15, -0.1) is 0 Å². The van der Waals surface area contributed by atoms with Gasteiger partial charge in [0.2, 0.25) is 5.91 Å². The first-order valence-electron chi connectivity index (χ1n) is 8.61. The number of nitrogens with zero attached hydrogens (tertiary/aromatic N) is 1. The number of amides is 1. The van der Waals surface area contributed by atoms with Gasteiger partial charge in [0.1, 0.15) is 0 Å². The molecular weight excluding hydrogens is 302 g/mol. The second-order valence-corrected chi connectivity index (χ2v) is 6.95. The van der Waals surface area contributed by atoms with Gasteiger partial charge < -0.3 is 15.4 Å². The Morgan fingerprint density at radius 1 is 1.38 bits per heavy atom. The number of likely N-dealkylation sites (N-methyl/N-ethyl adjacent to an activating group) is 1. The number of fused-ring (bicyclic) bond motifs is 1. The van der Waals surface area contributed by atoms with Gasteiger partial charge in [0.25, 0.3) is 0 Å². The molecule has 1 unspecified atom stereocenters. The highest BCUT2D eigenvalue weighted by Gasteiger charge is 2.25. The normalized spacial score (nSPS) is 13.4. The molecule has 2 rings (SSSR count). The number of nitrogens with one attached hydrogen (secondary N) is 2. The SMILES string of the molecule is CCN(CC(C)(C)O)C(C)C(=O)NCCc1c[nH]c2ccccc12.